The summed E-state index contributed by atoms with van der Waals surface area (Å²) < 4.78 is 28.2. The molecule has 0 amide bonds. The second-order valence-corrected chi connectivity index (χ2v) is 6.97. The van der Waals surface area contributed by atoms with Gasteiger partial charge in [-0.25, -0.2) is 13.2 Å². The Kier molecular flexibility index (Phi) is 3.71. The van der Waals surface area contributed by atoms with Crippen molar-refractivity contribution in [1.82, 2.24) is 0 Å². The van der Waals surface area contributed by atoms with Crippen LogP contribution in [0.3, 0.4) is 0 Å². The Bertz CT molecular complexity index is 567. The van der Waals surface area contributed by atoms with Crippen molar-refractivity contribution in [3.05, 3.63) is 23.8 Å². The predicted molar refractivity (Wildman–Crippen MR) is 66.9 cm³/mol. The van der Waals surface area contributed by atoms with Crippen LogP contribution in [0.5, 0.6) is 5.75 Å². The standard InChI is InChI=1S/C12H16O5S/c1-12(2,3)17-10-6-5-8(18(4,15)16)7-9(10)11(13)14/h5-7H,1-4H3,(H,13,14). The topological polar surface area (TPSA) is 80.7 Å². The first-order valence-electron chi connectivity index (χ1n) is 5.27. The highest BCUT2D eigenvalue weighted by Gasteiger charge is 2.20. The zero-order valence-corrected chi connectivity index (χ0v) is 11.5. The molecule has 100 valence electrons. The van der Waals surface area contributed by atoms with Crippen LogP contribution >= 0.6 is 0 Å². The van der Waals surface area contributed by atoms with Crippen LogP contribution in [0.4, 0.5) is 0 Å². The highest BCUT2D eigenvalue weighted by Crippen LogP contribution is 2.26. The first kappa shape index (κ1) is 14.5. The molecule has 0 aliphatic carbocycles. The van der Waals surface area contributed by atoms with Gasteiger partial charge < -0.3 is 9.84 Å². The number of carboxylic acids is 1. The van der Waals surface area contributed by atoms with Crippen LogP contribution in [0.25, 0.3) is 0 Å². The first-order valence-corrected chi connectivity index (χ1v) is 7.16. The van der Waals surface area contributed by atoms with E-state index in [1.165, 1.54) is 12.1 Å². The fourth-order valence-corrected chi connectivity index (χ4v) is 1.97. The molecule has 1 rings (SSSR count). The molecule has 6 heteroatoms. The third kappa shape index (κ3) is 3.73. The molecule has 0 spiro atoms. The molecule has 5 nitrogen and oxygen atoms in total. The molecule has 1 N–H and O–H groups in total. The third-order valence-electron chi connectivity index (χ3n) is 2.03. The molecule has 18 heavy (non-hydrogen) atoms. The Morgan fingerprint density at radius 3 is 2.22 bits per heavy atom. The van der Waals surface area contributed by atoms with Crippen molar-refractivity contribution < 1.29 is 23.1 Å². The minimum atomic E-state index is -3.44. The number of carbonyl (C=O) groups is 1. The van der Waals surface area contributed by atoms with Crippen LogP contribution < -0.4 is 4.74 Å². The van der Waals surface area contributed by atoms with Gasteiger partial charge in [-0.1, -0.05) is 0 Å². The van der Waals surface area contributed by atoms with Gasteiger partial charge in [0, 0.05) is 6.26 Å². The van der Waals surface area contributed by atoms with E-state index in [9.17, 15) is 13.2 Å². The van der Waals surface area contributed by atoms with Gasteiger partial charge in [0.2, 0.25) is 0 Å². The second-order valence-electron chi connectivity index (χ2n) is 4.95. The number of rotatable bonds is 3. The summed E-state index contributed by atoms with van der Waals surface area (Å²) in [6.07, 6.45) is 1.03. The normalized spacial score (nSPS) is 12.2. The van der Waals surface area contributed by atoms with Crippen molar-refractivity contribution in [2.24, 2.45) is 0 Å². The highest BCUT2D eigenvalue weighted by atomic mass is 32.2. The monoisotopic (exact) mass is 272 g/mol. The van der Waals surface area contributed by atoms with E-state index >= 15 is 0 Å². The quantitative estimate of drug-likeness (QED) is 0.909. The maximum Gasteiger partial charge on any atom is 0.339 e. The molecule has 0 bridgehead atoms. The first-order chi connectivity index (χ1) is 8.00. The number of hydrogen-bond acceptors (Lipinski definition) is 4. The van der Waals surface area contributed by atoms with Gasteiger partial charge in [0.15, 0.2) is 9.84 Å². The lowest BCUT2D eigenvalue weighted by atomic mass is 10.1. The van der Waals surface area contributed by atoms with E-state index in [-0.39, 0.29) is 16.2 Å². The van der Waals surface area contributed by atoms with Crippen LogP contribution in [-0.2, 0) is 9.84 Å². The summed E-state index contributed by atoms with van der Waals surface area (Å²) in [5.74, 6) is -1.07. The van der Waals surface area contributed by atoms with Crippen molar-refractivity contribution >= 4 is 15.8 Å². The Hall–Kier alpha value is -1.56. The smallest absolute Gasteiger partial charge is 0.339 e. The predicted octanol–water partition coefficient (Wildman–Crippen LogP) is 1.97. The number of carboxylic acid groups (broad SMARTS) is 1. The summed E-state index contributed by atoms with van der Waals surface area (Å²) in [5.41, 5.74) is -0.718. The van der Waals surface area contributed by atoms with Gasteiger partial charge in [0.25, 0.3) is 0 Å². The number of aromatic carboxylic acids is 1. The van der Waals surface area contributed by atoms with Crippen molar-refractivity contribution in [3.8, 4) is 5.75 Å². The second kappa shape index (κ2) is 4.61. The largest absolute Gasteiger partial charge is 0.487 e. The summed E-state index contributed by atoms with van der Waals surface area (Å²) in [4.78, 5) is 11.1. The van der Waals surface area contributed by atoms with E-state index in [4.69, 9.17) is 9.84 Å². The zero-order chi connectivity index (χ0) is 14.1. The van der Waals surface area contributed by atoms with E-state index in [1.54, 1.807) is 20.8 Å². The van der Waals surface area contributed by atoms with E-state index in [1.807, 2.05) is 0 Å². The average molecular weight is 272 g/mol. The fourth-order valence-electron chi connectivity index (χ4n) is 1.33. The van der Waals surface area contributed by atoms with Gasteiger partial charge in [-0.3, -0.25) is 0 Å². The molecule has 0 heterocycles. The number of ether oxygens (including phenoxy) is 1. The Balaban J connectivity index is 3.35. The van der Waals surface area contributed by atoms with Crippen LogP contribution in [0.2, 0.25) is 0 Å². The SMILES string of the molecule is CC(C)(C)Oc1ccc(S(C)(=O)=O)cc1C(=O)O. The van der Waals surface area contributed by atoms with Gasteiger partial charge in [-0.2, -0.15) is 0 Å². The summed E-state index contributed by atoms with van der Waals surface area (Å²) in [7, 11) is -3.44. The molecule has 0 unspecified atom stereocenters. The van der Waals surface area contributed by atoms with E-state index in [0.29, 0.717) is 0 Å². The average Bonchev–Trinajstić information content (AvgIpc) is 2.13. The number of benzene rings is 1. The van der Waals surface area contributed by atoms with E-state index < -0.39 is 21.4 Å². The summed E-state index contributed by atoms with van der Waals surface area (Å²) in [5, 5.41) is 9.08. The van der Waals surface area contributed by atoms with Crippen molar-refractivity contribution in [1.29, 1.82) is 0 Å². The minimum absolute atomic E-state index is 0.0406. The molecule has 1 aromatic rings. The molecular formula is C12H16O5S. The lowest BCUT2D eigenvalue weighted by molar-refractivity contribution is 0.0681. The number of hydrogen-bond donors (Lipinski definition) is 1. The Morgan fingerprint density at radius 2 is 1.83 bits per heavy atom. The van der Waals surface area contributed by atoms with E-state index in [0.717, 1.165) is 12.3 Å². The summed E-state index contributed by atoms with van der Waals surface area (Å²) in [6.45, 7) is 5.34. The highest BCUT2D eigenvalue weighted by molar-refractivity contribution is 7.90. The van der Waals surface area contributed by atoms with Crippen molar-refractivity contribution in [2.75, 3.05) is 6.26 Å². The van der Waals surface area contributed by atoms with Gasteiger partial charge in [-0.05, 0) is 39.0 Å². The molecule has 1 aromatic carbocycles. The van der Waals surface area contributed by atoms with Crippen LogP contribution in [-0.4, -0.2) is 31.4 Å². The Labute approximate surface area is 106 Å². The fraction of sp³-hybridized carbons (Fsp3) is 0.417. The maximum atomic E-state index is 11.4. The molecule has 0 atom stereocenters. The van der Waals surface area contributed by atoms with Crippen LogP contribution in [0.15, 0.2) is 23.1 Å². The van der Waals surface area contributed by atoms with Gasteiger partial charge in [0.1, 0.15) is 16.9 Å². The molecule has 0 fully saturated rings. The zero-order valence-electron chi connectivity index (χ0n) is 10.7. The van der Waals surface area contributed by atoms with Gasteiger partial charge >= 0.3 is 5.97 Å². The van der Waals surface area contributed by atoms with E-state index in [2.05, 4.69) is 0 Å². The molecule has 0 saturated heterocycles. The Morgan fingerprint density at radius 1 is 1.28 bits per heavy atom. The lowest BCUT2D eigenvalue weighted by Gasteiger charge is -2.22. The molecule has 0 aromatic heterocycles. The summed E-state index contributed by atoms with van der Waals surface area (Å²) in [6, 6.07) is 3.81. The molecule has 0 aliphatic rings. The van der Waals surface area contributed by atoms with Gasteiger partial charge in [0.05, 0.1) is 4.90 Å². The third-order valence-corrected chi connectivity index (χ3v) is 3.14. The minimum Gasteiger partial charge on any atom is -0.487 e. The maximum absolute atomic E-state index is 11.4. The number of sulfone groups is 1. The molecular weight excluding hydrogens is 256 g/mol. The van der Waals surface area contributed by atoms with Gasteiger partial charge in [-0.15, -0.1) is 0 Å². The van der Waals surface area contributed by atoms with Crippen LogP contribution in [0.1, 0.15) is 31.1 Å². The lowest BCUT2D eigenvalue weighted by Crippen LogP contribution is -2.24. The van der Waals surface area contributed by atoms with Crippen molar-refractivity contribution in [3.63, 3.8) is 0 Å². The van der Waals surface area contributed by atoms with Crippen LogP contribution in [0, 0.1) is 0 Å². The summed E-state index contributed by atoms with van der Waals surface area (Å²) >= 11 is 0. The molecule has 0 radical (unpaired) electrons. The molecule has 0 saturated carbocycles. The van der Waals surface area contributed by atoms with Crippen molar-refractivity contribution in [2.45, 2.75) is 31.3 Å². The molecule has 0 aliphatic heterocycles.